The molecule has 0 aromatic heterocycles. The van der Waals surface area contributed by atoms with Crippen LogP contribution >= 0.6 is 0 Å². The van der Waals surface area contributed by atoms with E-state index in [2.05, 4.69) is 219 Å². The molecule has 11 aromatic carbocycles. The van der Waals surface area contributed by atoms with Gasteiger partial charge in [0.25, 0.3) is 0 Å². The summed E-state index contributed by atoms with van der Waals surface area (Å²) in [7, 11) is 0. The van der Waals surface area contributed by atoms with Crippen molar-refractivity contribution in [1.82, 2.24) is 0 Å². The zero-order valence-corrected chi connectivity index (χ0v) is 32.0. The van der Waals surface area contributed by atoms with Crippen LogP contribution in [0.1, 0.15) is 27.8 Å². The first-order valence-corrected chi connectivity index (χ1v) is 19.8. The molecule has 0 amide bonds. The molecule has 0 N–H and O–H groups in total. The molecule has 57 heavy (non-hydrogen) atoms. The van der Waals surface area contributed by atoms with Crippen molar-refractivity contribution < 1.29 is 0 Å². The lowest BCUT2D eigenvalue weighted by atomic mass is 9.84. The summed E-state index contributed by atoms with van der Waals surface area (Å²) in [4.78, 5) is 2.47. The van der Waals surface area contributed by atoms with Crippen LogP contribution in [0.3, 0.4) is 0 Å². The van der Waals surface area contributed by atoms with E-state index >= 15 is 0 Å². The van der Waals surface area contributed by atoms with E-state index in [0.29, 0.717) is 0 Å². The molecule has 0 bridgehead atoms. The van der Waals surface area contributed by atoms with Crippen LogP contribution in [0, 0.1) is 13.8 Å². The molecule has 0 aliphatic carbocycles. The lowest BCUT2D eigenvalue weighted by molar-refractivity contribution is 1.31. The van der Waals surface area contributed by atoms with Crippen LogP contribution in [0.15, 0.2) is 194 Å². The molecule has 0 aliphatic rings. The van der Waals surface area contributed by atoms with Gasteiger partial charge >= 0.3 is 0 Å². The van der Waals surface area contributed by atoms with Gasteiger partial charge in [0.05, 0.1) is 5.69 Å². The Morgan fingerprint density at radius 2 is 0.860 bits per heavy atom. The average Bonchev–Trinajstić information content (AvgIpc) is 3.26. The molecule has 1 nitrogen and oxygen atoms in total. The van der Waals surface area contributed by atoms with Crippen LogP contribution in [0.2, 0.25) is 0 Å². The van der Waals surface area contributed by atoms with Gasteiger partial charge in [0.1, 0.15) is 0 Å². The number of hydrogen-bond acceptors (Lipinski definition) is 1. The van der Waals surface area contributed by atoms with Crippen molar-refractivity contribution in [2.75, 3.05) is 4.90 Å². The van der Waals surface area contributed by atoms with E-state index in [1.165, 1.54) is 98.1 Å². The maximum absolute atomic E-state index is 2.47. The number of anilines is 3. The Morgan fingerprint density at radius 1 is 0.368 bits per heavy atom. The van der Waals surface area contributed by atoms with Crippen LogP contribution in [-0.2, 0) is 0 Å². The summed E-state index contributed by atoms with van der Waals surface area (Å²) in [5, 5.41) is 15.5. The Bertz CT molecular complexity index is 3270. The molecular weight excluding hydrogens is 687 g/mol. The first kappa shape index (κ1) is 33.1. The Balaban J connectivity index is 1.18. The fraction of sp³-hybridized carbons (Fsp3) is 0.0357. The maximum atomic E-state index is 2.47. The minimum atomic E-state index is 1.11. The van der Waals surface area contributed by atoms with E-state index in [-0.39, 0.29) is 0 Å². The smallest absolute Gasteiger partial charge is 0.0619 e. The molecule has 1 heteroatoms. The van der Waals surface area contributed by atoms with Crippen molar-refractivity contribution in [3.8, 4) is 0 Å². The summed E-state index contributed by atoms with van der Waals surface area (Å²) in [6, 6.07) is 71.7. The van der Waals surface area contributed by atoms with Gasteiger partial charge in [-0.1, -0.05) is 175 Å². The highest BCUT2D eigenvalue weighted by Gasteiger charge is 2.24. The highest BCUT2D eigenvalue weighted by Crippen LogP contribution is 2.51. The van der Waals surface area contributed by atoms with Crippen LogP contribution in [0.25, 0.3) is 76.3 Å². The molecule has 0 fully saturated rings. The normalized spacial score (nSPS) is 11.7. The van der Waals surface area contributed by atoms with Crippen molar-refractivity contribution >= 4 is 93.3 Å². The summed E-state index contributed by atoms with van der Waals surface area (Å²) in [5.41, 5.74) is 10.7. The molecule has 0 atom stereocenters. The third kappa shape index (κ3) is 5.39. The van der Waals surface area contributed by atoms with Crippen molar-refractivity contribution in [1.29, 1.82) is 0 Å². The first-order chi connectivity index (χ1) is 28.1. The first-order valence-electron chi connectivity index (χ1n) is 19.8. The highest BCUT2D eigenvalue weighted by molar-refractivity contribution is 6.43. The van der Waals surface area contributed by atoms with Gasteiger partial charge in [0.15, 0.2) is 0 Å². The van der Waals surface area contributed by atoms with Gasteiger partial charge in [-0.3, -0.25) is 0 Å². The predicted octanol–water partition coefficient (Wildman–Crippen LogP) is 15.7. The lowest BCUT2D eigenvalue weighted by Crippen LogP contribution is -2.11. The summed E-state index contributed by atoms with van der Waals surface area (Å²) >= 11 is 0. The number of hydrogen-bond donors (Lipinski definition) is 0. The van der Waals surface area contributed by atoms with Crippen LogP contribution in [0.5, 0.6) is 0 Å². The Hall–Kier alpha value is -7.22. The molecule has 0 unspecified atom stereocenters. The fourth-order valence-electron chi connectivity index (χ4n) is 9.22. The largest absolute Gasteiger partial charge is 0.309 e. The Labute approximate surface area is 332 Å². The molecule has 0 heterocycles. The minimum absolute atomic E-state index is 1.11. The van der Waals surface area contributed by atoms with Crippen molar-refractivity contribution in [2.45, 2.75) is 13.8 Å². The standard InChI is InChI=1S/C56H39N/c1-36-22-28-39(29-23-36)51(40-30-24-37(2)25-31-40)34-38-26-32-44(33-27-38)57(43-14-4-3-5-15-43)56-47-18-9-8-17-46(47)54-48-19-10-13-42-35-41-12-6-7-16-45(41)53(52(42)48)49-20-11-21-50(56)55(49)54/h3-35H,1-2H3. The third-order valence-corrected chi connectivity index (χ3v) is 11.9. The predicted molar refractivity (Wildman–Crippen MR) is 247 cm³/mol. The van der Waals surface area contributed by atoms with Crippen LogP contribution in [-0.4, -0.2) is 0 Å². The highest BCUT2D eigenvalue weighted by atomic mass is 15.1. The zero-order valence-electron chi connectivity index (χ0n) is 32.0. The maximum Gasteiger partial charge on any atom is 0.0619 e. The van der Waals surface area contributed by atoms with E-state index in [4.69, 9.17) is 0 Å². The van der Waals surface area contributed by atoms with E-state index in [1.807, 2.05) is 0 Å². The topological polar surface area (TPSA) is 3.24 Å². The minimum Gasteiger partial charge on any atom is -0.309 e. The molecule has 268 valence electrons. The van der Waals surface area contributed by atoms with Gasteiger partial charge in [-0.2, -0.15) is 0 Å². The van der Waals surface area contributed by atoms with E-state index in [0.717, 1.165) is 16.9 Å². The quantitative estimate of drug-likeness (QED) is 0.0937. The van der Waals surface area contributed by atoms with Crippen molar-refractivity contribution in [3.63, 3.8) is 0 Å². The molecular formula is C56H39N. The lowest BCUT2D eigenvalue weighted by Gasteiger charge is -2.30. The summed E-state index contributed by atoms with van der Waals surface area (Å²) < 4.78 is 0. The van der Waals surface area contributed by atoms with Gasteiger partial charge in [0.2, 0.25) is 0 Å². The number of fused-ring (bicyclic) bond motifs is 6. The number of nitrogens with zero attached hydrogens (tertiary/aromatic N) is 1. The van der Waals surface area contributed by atoms with E-state index < -0.39 is 0 Å². The van der Waals surface area contributed by atoms with Crippen molar-refractivity contribution in [2.24, 2.45) is 0 Å². The van der Waals surface area contributed by atoms with Crippen LogP contribution < -0.4 is 4.90 Å². The molecule has 11 rings (SSSR count). The fourth-order valence-corrected chi connectivity index (χ4v) is 9.22. The molecule has 0 radical (unpaired) electrons. The van der Waals surface area contributed by atoms with Gasteiger partial charge in [0, 0.05) is 27.5 Å². The molecule has 11 aromatic rings. The average molecular weight is 726 g/mol. The van der Waals surface area contributed by atoms with Crippen molar-refractivity contribution in [3.05, 3.63) is 222 Å². The van der Waals surface area contributed by atoms with Gasteiger partial charge < -0.3 is 4.90 Å². The second kappa shape index (κ2) is 13.2. The SMILES string of the molecule is Cc1ccc(C(=Cc2ccc(N(c3ccccc3)c3c4ccccc4c4c5cccc6cc7ccccc7c(c7cccc3c74)c65)cc2)c2ccc(C)cc2)cc1. The van der Waals surface area contributed by atoms with Gasteiger partial charge in [-0.05, 0) is 121 Å². The van der Waals surface area contributed by atoms with Gasteiger partial charge in [-0.15, -0.1) is 0 Å². The summed E-state index contributed by atoms with van der Waals surface area (Å²) in [5.74, 6) is 0. The second-order valence-corrected chi connectivity index (χ2v) is 15.4. The molecule has 0 saturated heterocycles. The molecule has 0 saturated carbocycles. The summed E-state index contributed by atoms with van der Waals surface area (Å²) in [6.07, 6.45) is 2.33. The number of aryl methyl sites for hydroxylation is 2. The number of para-hydroxylation sites is 1. The number of rotatable bonds is 6. The third-order valence-electron chi connectivity index (χ3n) is 11.9. The Kier molecular flexibility index (Phi) is 7.69. The van der Waals surface area contributed by atoms with Gasteiger partial charge in [-0.25, -0.2) is 0 Å². The number of benzene rings is 11. The van der Waals surface area contributed by atoms with Crippen LogP contribution in [0.4, 0.5) is 17.1 Å². The second-order valence-electron chi connectivity index (χ2n) is 15.4. The molecule has 0 spiro atoms. The monoisotopic (exact) mass is 725 g/mol. The Morgan fingerprint density at radius 3 is 1.56 bits per heavy atom. The van der Waals surface area contributed by atoms with E-state index in [1.54, 1.807) is 0 Å². The van der Waals surface area contributed by atoms with E-state index in [9.17, 15) is 0 Å². The molecule has 0 aliphatic heterocycles. The zero-order chi connectivity index (χ0) is 38.0. The summed E-state index contributed by atoms with van der Waals surface area (Å²) in [6.45, 7) is 4.29.